The van der Waals surface area contributed by atoms with Crippen LogP contribution in [0, 0.1) is 13.7 Å². The van der Waals surface area contributed by atoms with Gasteiger partial charge in [-0.15, -0.1) is 0 Å². The lowest BCUT2D eigenvalue weighted by molar-refractivity contribution is -0.384. The van der Waals surface area contributed by atoms with Gasteiger partial charge in [0.1, 0.15) is 0 Å². The third-order valence-electron chi connectivity index (χ3n) is 3.31. The van der Waals surface area contributed by atoms with E-state index in [1.54, 1.807) is 12.1 Å². The average Bonchev–Trinajstić information content (AvgIpc) is 2.38. The highest BCUT2D eigenvalue weighted by Gasteiger charge is 2.21. The van der Waals surface area contributed by atoms with Crippen LogP contribution in [0.15, 0.2) is 18.2 Å². The minimum absolute atomic E-state index is 0.158. The maximum Gasteiger partial charge on any atom is 0.270 e. The van der Waals surface area contributed by atoms with Gasteiger partial charge in [-0.05, 0) is 48.5 Å². The lowest BCUT2D eigenvalue weighted by Gasteiger charge is -2.34. The van der Waals surface area contributed by atoms with E-state index in [4.69, 9.17) is 0 Å². The molecule has 2 rings (SSSR count). The third-order valence-corrected chi connectivity index (χ3v) is 4.18. The Balaban J connectivity index is 2.20. The summed E-state index contributed by atoms with van der Waals surface area (Å²) in [5, 5.41) is 14.0. The van der Waals surface area contributed by atoms with Crippen molar-refractivity contribution >= 4 is 34.0 Å². The van der Waals surface area contributed by atoms with Gasteiger partial charge in [0.2, 0.25) is 0 Å². The molecule has 18 heavy (non-hydrogen) atoms. The van der Waals surface area contributed by atoms with Crippen molar-refractivity contribution in [2.75, 3.05) is 25.0 Å². The number of hydrogen-bond donors (Lipinski definition) is 1. The Hall–Kier alpha value is -0.890. The lowest BCUT2D eigenvalue weighted by Crippen LogP contribution is -2.44. The van der Waals surface area contributed by atoms with Crippen LogP contribution in [0.2, 0.25) is 0 Å². The van der Waals surface area contributed by atoms with Crippen molar-refractivity contribution in [3.8, 4) is 0 Å². The minimum Gasteiger partial charge on any atom is -0.369 e. The number of benzene rings is 1. The fourth-order valence-electron chi connectivity index (χ4n) is 2.30. The Morgan fingerprint density at radius 2 is 2.33 bits per heavy atom. The highest BCUT2D eigenvalue weighted by atomic mass is 127. The van der Waals surface area contributed by atoms with Gasteiger partial charge in [0.25, 0.3) is 5.69 Å². The van der Waals surface area contributed by atoms with E-state index in [2.05, 4.69) is 32.8 Å². The molecule has 1 aromatic carbocycles. The quantitative estimate of drug-likeness (QED) is 0.510. The summed E-state index contributed by atoms with van der Waals surface area (Å²) in [6.45, 7) is 1.98. The topological polar surface area (TPSA) is 58.4 Å². The number of likely N-dealkylation sites (N-methyl/N-ethyl adjacent to an activating group) is 1. The lowest BCUT2D eigenvalue weighted by atomic mass is 10.1. The van der Waals surface area contributed by atoms with E-state index in [1.165, 1.54) is 6.42 Å². The Kier molecular flexibility index (Phi) is 4.39. The maximum absolute atomic E-state index is 10.7. The van der Waals surface area contributed by atoms with Crippen molar-refractivity contribution in [3.05, 3.63) is 31.9 Å². The first-order valence-corrected chi connectivity index (χ1v) is 7.06. The van der Waals surface area contributed by atoms with Crippen LogP contribution in [-0.4, -0.2) is 31.1 Å². The molecule has 0 amide bonds. The molecule has 1 heterocycles. The number of rotatable bonds is 3. The molecule has 0 bridgehead atoms. The number of anilines is 1. The van der Waals surface area contributed by atoms with Crippen LogP contribution in [0.5, 0.6) is 0 Å². The largest absolute Gasteiger partial charge is 0.369 e. The molecule has 6 heteroatoms. The molecule has 1 N–H and O–H groups in total. The molecule has 1 aliphatic heterocycles. The summed E-state index contributed by atoms with van der Waals surface area (Å²) in [5.74, 6) is 0. The zero-order chi connectivity index (χ0) is 13.1. The predicted molar refractivity (Wildman–Crippen MR) is 80.1 cm³/mol. The van der Waals surface area contributed by atoms with E-state index in [0.29, 0.717) is 6.04 Å². The number of nitrogens with one attached hydrogen (secondary N) is 1. The summed E-state index contributed by atoms with van der Waals surface area (Å²) in [5.41, 5.74) is 1.26. The molecule has 1 aromatic rings. The average molecular weight is 361 g/mol. The number of hydrogen-bond acceptors (Lipinski definition) is 4. The highest BCUT2D eigenvalue weighted by molar-refractivity contribution is 14.1. The fourth-order valence-corrected chi connectivity index (χ4v) is 3.14. The van der Waals surface area contributed by atoms with Gasteiger partial charge in [-0.1, -0.05) is 0 Å². The number of nitro groups is 1. The molecule has 1 atom stereocenters. The predicted octanol–water partition coefficient (Wildman–Crippen LogP) is 2.39. The van der Waals surface area contributed by atoms with E-state index in [1.807, 2.05) is 13.1 Å². The van der Waals surface area contributed by atoms with Gasteiger partial charge < -0.3 is 10.2 Å². The number of nitro benzene ring substituents is 1. The zero-order valence-corrected chi connectivity index (χ0v) is 12.4. The highest BCUT2D eigenvalue weighted by Crippen LogP contribution is 2.28. The maximum atomic E-state index is 10.7. The van der Waals surface area contributed by atoms with Crippen LogP contribution in [0.4, 0.5) is 11.4 Å². The van der Waals surface area contributed by atoms with Crippen molar-refractivity contribution in [1.82, 2.24) is 5.32 Å². The van der Waals surface area contributed by atoms with Crippen LogP contribution < -0.4 is 10.2 Å². The second kappa shape index (κ2) is 5.83. The van der Waals surface area contributed by atoms with E-state index >= 15 is 0 Å². The number of nitrogens with zero attached hydrogens (tertiary/aromatic N) is 2. The van der Waals surface area contributed by atoms with Gasteiger partial charge in [-0.25, -0.2) is 0 Å². The van der Waals surface area contributed by atoms with Crippen LogP contribution in [-0.2, 0) is 0 Å². The van der Waals surface area contributed by atoms with E-state index in [-0.39, 0.29) is 10.6 Å². The molecule has 0 aliphatic carbocycles. The fraction of sp³-hybridized carbons (Fsp3) is 0.500. The summed E-state index contributed by atoms with van der Waals surface area (Å²) in [6, 6.07) is 5.59. The summed E-state index contributed by atoms with van der Waals surface area (Å²) >= 11 is 2.17. The number of piperidine rings is 1. The van der Waals surface area contributed by atoms with Crippen LogP contribution in [0.3, 0.4) is 0 Å². The molecular formula is C12H16IN3O2. The first kappa shape index (κ1) is 13.5. The van der Waals surface area contributed by atoms with Crippen LogP contribution in [0.1, 0.15) is 12.8 Å². The van der Waals surface area contributed by atoms with Crippen molar-refractivity contribution in [3.63, 3.8) is 0 Å². The Morgan fingerprint density at radius 3 is 2.94 bits per heavy atom. The Bertz CT molecular complexity index is 453. The normalized spacial score (nSPS) is 19.9. The first-order valence-electron chi connectivity index (χ1n) is 5.98. The van der Waals surface area contributed by atoms with Crippen molar-refractivity contribution in [2.45, 2.75) is 18.9 Å². The van der Waals surface area contributed by atoms with Gasteiger partial charge in [-0.3, -0.25) is 10.1 Å². The molecule has 0 spiro atoms. The van der Waals surface area contributed by atoms with Gasteiger partial charge in [0.15, 0.2) is 0 Å². The van der Waals surface area contributed by atoms with E-state index in [0.717, 1.165) is 28.8 Å². The van der Waals surface area contributed by atoms with Gasteiger partial charge >= 0.3 is 0 Å². The van der Waals surface area contributed by atoms with E-state index in [9.17, 15) is 10.1 Å². The van der Waals surface area contributed by atoms with Crippen molar-refractivity contribution < 1.29 is 4.92 Å². The molecule has 98 valence electrons. The zero-order valence-electron chi connectivity index (χ0n) is 10.2. The van der Waals surface area contributed by atoms with Gasteiger partial charge in [0, 0.05) is 34.8 Å². The van der Waals surface area contributed by atoms with Crippen molar-refractivity contribution in [1.29, 1.82) is 0 Å². The summed E-state index contributed by atoms with van der Waals surface area (Å²) < 4.78 is 0.943. The summed E-state index contributed by atoms with van der Waals surface area (Å²) in [4.78, 5) is 12.7. The second-order valence-electron chi connectivity index (χ2n) is 4.47. The third kappa shape index (κ3) is 2.92. The second-order valence-corrected chi connectivity index (χ2v) is 5.63. The Labute approximate surface area is 120 Å². The van der Waals surface area contributed by atoms with Gasteiger partial charge in [0.05, 0.1) is 10.6 Å². The molecule has 1 saturated heterocycles. The standard InChI is InChI=1S/C12H16IN3O2/c1-14-9-3-2-6-15(8-9)12-5-4-10(16(17)18)7-11(12)13/h4-5,7,9,14H,2-3,6,8H2,1H3. The monoisotopic (exact) mass is 361 g/mol. The van der Waals surface area contributed by atoms with Gasteiger partial charge in [-0.2, -0.15) is 0 Å². The number of halogens is 1. The molecule has 0 aromatic heterocycles. The minimum atomic E-state index is -0.349. The SMILES string of the molecule is CNC1CCCN(c2ccc([N+](=O)[O-])cc2I)C1. The molecule has 1 fully saturated rings. The van der Waals surface area contributed by atoms with Crippen LogP contribution in [0.25, 0.3) is 0 Å². The smallest absolute Gasteiger partial charge is 0.270 e. The summed E-state index contributed by atoms with van der Waals surface area (Å²) in [7, 11) is 1.98. The number of non-ortho nitro benzene ring substituents is 1. The van der Waals surface area contributed by atoms with E-state index < -0.39 is 0 Å². The molecule has 0 radical (unpaired) electrons. The van der Waals surface area contributed by atoms with Crippen molar-refractivity contribution in [2.24, 2.45) is 0 Å². The molecule has 5 nitrogen and oxygen atoms in total. The molecule has 1 unspecified atom stereocenters. The van der Waals surface area contributed by atoms with Crippen LogP contribution >= 0.6 is 22.6 Å². The summed E-state index contributed by atoms with van der Waals surface area (Å²) in [6.07, 6.45) is 2.34. The Morgan fingerprint density at radius 1 is 1.56 bits per heavy atom. The molecule has 1 aliphatic rings. The first-order chi connectivity index (χ1) is 8.61. The molecule has 0 saturated carbocycles. The molecular weight excluding hydrogens is 345 g/mol.